The van der Waals surface area contributed by atoms with Gasteiger partial charge in [0.05, 0.1) is 0 Å². The third kappa shape index (κ3) is 4.22. The molecule has 0 spiro atoms. The number of nitrogens with zero attached hydrogens (tertiary/aromatic N) is 1. The molecule has 0 bridgehead atoms. The first-order valence-corrected chi connectivity index (χ1v) is 9.49. The number of hydrogen-bond acceptors (Lipinski definition) is 3. The Morgan fingerprint density at radius 2 is 1.78 bits per heavy atom. The van der Waals surface area contributed by atoms with Crippen LogP contribution < -0.4 is 15.0 Å². The number of amides is 1. The number of benzene rings is 3. The van der Waals surface area contributed by atoms with Gasteiger partial charge in [-0.05, 0) is 47.9 Å². The highest BCUT2D eigenvalue weighted by atomic mass is 16.5. The zero-order chi connectivity index (χ0) is 18.5. The molecule has 27 heavy (non-hydrogen) atoms. The molecule has 1 saturated heterocycles. The Kier molecular flexibility index (Phi) is 5.24. The summed E-state index contributed by atoms with van der Waals surface area (Å²) in [6, 6.07) is 24.7. The van der Waals surface area contributed by atoms with Crippen LogP contribution in [0.15, 0.2) is 72.8 Å². The normalized spacial score (nSPS) is 16.4. The number of carbonyl (C=O) groups excluding carboxylic acids is 1. The highest BCUT2D eigenvalue weighted by molar-refractivity contribution is 5.84. The average Bonchev–Trinajstić information content (AvgIpc) is 3.20. The first kappa shape index (κ1) is 17.4. The number of carbonyl (C=O) groups is 1. The monoisotopic (exact) mass is 360 g/mol. The van der Waals surface area contributed by atoms with Crippen LogP contribution in [0.2, 0.25) is 0 Å². The highest BCUT2D eigenvalue weighted by Crippen LogP contribution is 2.24. The summed E-state index contributed by atoms with van der Waals surface area (Å²) < 4.78 is 5.68. The number of ether oxygens (including phenoxy) is 1. The molecule has 1 heterocycles. The lowest BCUT2D eigenvalue weighted by atomic mass is 10.1. The first-order valence-electron chi connectivity index (χ1n) is 9.49. The smallest absolute Gasteiger partial charge is 0.258 e. The minimum atomic E-state index is -0.0805. The van der Waals surface area contributed by atoms with Gasteiger partial charge < -0.3 is 15.0 Å². The van der Waals surface area contributed by atoms with Gasteiger partial charge in [0, 0.05) is 24.8 Å². The molecule has 3 aromatic carbocycles. The molecule has 1 aliphatic rings. The van der Waals surface area contributed by atoms with Crippen molar-refractivity contribution in [3.63, 3.8) is 0 Å². The predicted molar refractivity (Wildman–Crippen MR) is 109 cm³/mol. The van der Waals surface area contributed by atoms with E-state index in [1.54, 1.807) is 0 Å². The molecule has 1 amide bonds. The Morgan fingerprint density at radius 3 is 2.63 bits per heavy atom. The summed E-state index contributed by atoms with van der Waals surface area (Å²) in [5.41, 5.74) is 1.22. The van der Waals surface area contributed by atoms with Crippen LogP contribution in [-0.2, 0) is 4.79 Å². The summed E-state index contributed by atoms with van der Waals surface area (Å²) >= 11 is 0. The van der Waals surface area contributed by atoms with E-state index >= 15 is 0 Å². The van der Waals surface area contributed by atoms with Gasteiger partial charge in [-0.25, -0.2) is 0 Å². The summed E-state index contributed by atoms with van der Waals surface area (Å²) in [7, 11) is 0. The summed E-state index contributed by atoms with van der Waals surface area (Å²) in [4.78, 5) is 14.6. The van der Waals surface area contributed by atoms with Crippen molar-refractivity contribution in [3.05, 3.63) is 72.8 Å². The van der Waals surface area contributed by atoms with E-state index in [-0.39, 0.29) is 12.5 Å². The topological polar surface area (TPSA) is 41.6 Å². The van der Waals surface area contributed by atoms with E-state index in [9.17, 15) is 4.79 Å². The van der Waals surface area contributed by atoms with Gasteiger partial charge in [0.2, 0.25) is 0 Å². The van der Waals surface area contributed by atoms with Crippen LogP contribution in [0.1, 0.15) is 12.8 Å². The Balaban J connectivity index is 1.29. The van der Waals surface area contributed by atoms with Gasteiger partial charge in [0.1, 0.15) is 5.75 Å². The van der Waals surface area contributed by atoms with Crippen molar-refractivity contribution in [2.24, 2.45) is 0 Å². The molecule has 0 aromatic heterocycles. The molecule has 1 atom stereocenters. The molecule has 4 heteroatoms. The Labute approximate surface area is 159 Å². The molecule has 1 fully saturated rings. The van der Waals surface area contributed by atoms with Crippen molar-refractivity contribution in [2.75, 3.05) is 24.6 Å². The molecule has 138 valence electrons. The molecule has 0 aliphatic carbocycles. The predicted octanol–water partition coefficient (Wildman–Crippen LogP) is 4.00. The summed E-state index contributed by atoms with van der Waals surface area (Å²) in [6.07, 6.45) is 2.25. The zero-order valence-electron chi connectivity index (χ0n) is 15.3. The lowest BCUT2D eigenvalue weighted by Gasteiger charge is -2.27. The number of hydrogen-bond donors (Lipinski definition) is 1. The molecule has 1 aliphatic heterocycles. The molecular weight excluding hydrogens is 336 g/mol. The second-order valence-corrected chi connectivity index (χ2v) is 6.93. The molecule has 4 nitrogen and oxygen atoms in total. The lowest BCUT2D eigenvalue weighted by Crippen LogP contribution is -2.41. The number of para-hydroxylation sites is 1. The van der Waals surface area contributed by atoms with Crippen LogP contribution in [0.25, 0.3) is 10.8 Å². The van der Waals surface area contributed by atoms with Crippen molar-refractivity contribution in [2.45, 2.75) is 18.9 Å². The number of anilines is 1. The van der Waals surface area contributed by atoms with Crippen molar-refractivity contribution >= 4 is 22.4 Å². The lowest BCUT2D eigenvalue weighted by molar-refractivity contribution is -0.123. The fourth-order valence-electron chi connectivity index (χ4n) is 3.70. The van der Waals surface area contributed by atoms with Crippen molar-refractivity contribution in [1.29, 1.82) is 0 Å². The molecule has 0 unspecified atom stereocenters. The van der Waals surface area contributed by atoms with Crippen LogP contribution >= 0.6 is 0 Å². The second-order valence-electron chi connectivity index (χ2n) is 6.93. The summed E-state index contributed by atoms with van der Waals surface area (Å²) in [6.45, 7) is 1.73. The van der Waals surface area contributed by atoms with Crippen LogP contribution in [0.5, 0.6) is 5.75 Å². The van der Waals surface area contributed by atoms with E-state index in [1.807, 2.05) is 42.5 Å². The molecule has 4 rings (SSSR count). The maximum atomic E-state index is 12.2. The zero-order valence-corrected chi connectivity index (χ0v) is 15.3. The van der Waals surface area contributed by atoms with Crippen LogP contribution in [0.4, 0.5) is 5.69 Å². The van der Waals surface area contributed by atoms with Crippen LogP contribution in [0, 0.1) is 0 Å². The van der Waals surface area contributed by atoms with Gasteiger partial charge >= 0.3 is 0 Å². The van der Waals surface area contributed by atoms with E-state index in [1.165, 1.54) is 5.69 Å². The standard InChI is InChI=1S/C23H24N2O2/c26-23(17-27-22-13-12-18-7-4-5-8-19(18)15-22)24-16-21-11-6-14-25(21)20-9-2-1-3-10-20/h1-5,7-10,12-13,15,21H,6,11,14,16-17H2,(H,24,26)/t21-/m0/s1. The number of nitrogens with one attached hydrogen (secondary N) is 1. The van der Waals surface area contributed by atoms with E-state index in [4.69, 9.17) is 4.74 Å². The van der Waals surface area contributed by atoms with E-state index in [0.717, 1.165) is 35.9 Å². The van der Waals surface area contributed by atoms with Gasteiger partial charge in [0.25, 0.3) is 5.91 Å². The first-order chi connectivity index (χ1) is 13.3. The average molecular weight is 360 g/mol. The van der Waals surface area contributed by atoms with E-state index < -0.39 is 0 Å². The van der Waals surface area contributed by atoms with Gasteiger partial charge in [-0.2, -0.15) is 0 Å². The highest BCUT2D eigenvalue weighted by Gasteiger charge is 2.24. The van der Waals surface area contributed by atoms with Gasteiger partial charge in [-0.3, -0.25) is 4.79 Å². The number of fused-ring (bicyclic) bond motifs is 1. The number of rotatable bonds is 6. The largest absolute Gasteiger partial charge is 0.484 e. The van der Waals surface area contributed by atoms with Crippen molar-refractivity contribution < 1.29 is 9.53 Å². The molecule has 0 saturated carbocycles. The Bertz CT molecular complexity index is 910. The minimum Gasteiger partial charge on any atom is -0.484 e. The van der Waals surface area contributed by atoms with E-state index in [0.29, 0.717) is 12.6 Å². The van der Waals surface area contributed by atoms with Gasteiger partial charge in [-0.15, -0.1) is 0 Å². The molecule has 1 N–H and O–H groups in total. The fraction of sp³-hybridized carbons (Fsp3) is 0.261. The fourth-order valence-corrected chi connectivity index (χ4v) is 3.70. The third-order valence-electron chi connectivity index (χ3n) is 5.09. The van der Waals surface area contributed by atoms with Gasteiger partial charge in [-0.1, -0.05) is 48.5 Å². The Hall–Kier alpha value is -3.01. The van der Waals surface area contributed by atoms with E-state index in [2.05, 4.69) is 40.5 Å². The molecule has 0 radical (unpaired) electrons. The van der Waals surface area contributed by atoms with Crippen LogP contribution in [-0.4, -0.2) is 31.6 Å². The van der Waals surface area contributed by atoms with Crippen molar-refractivity contribution in [3.8, 4) is 5.75 Å². The SMILES string of the molecule is O=C(COc1ccc2ccccc2c1)NC[C@@H]1CCCN1c1ccccc1. The van der Waals surface area contributed by atoms with Crippen molar-refractivity contribution in [1.82, 2.24) is 5.32 Å². The Morgan fingerprint density at radius 1 is 1.00 bits per heavy atom. The minimum absolute atomic E-state index is 0.0381. The quantitative estimate of drug-likeness (QED) is 0.722. The maximum absolute atomic E-state index is 12.2. The van der Waals surface area contributed by atoms with Gasteiger partial charge in [0.15, 0.2) is 6.61 Å². The maximum Gasteiger partial charge on any atom is 0.258 e. The molecular formula is C23H24N2O2. The summed E-state index contributed by atoms with van der Waals surface area (Å²) in [5.74, 6) is 0.638. The molecule has 3 aromatic rings. The second kappa shape index (κ2) is 8.12. The summed E-state index contributed by atoms with van der Waals surface area (Å²) in [5, 5.41) is 5.30. The van der Waals surface area contributed by atoms with Crippen LogP contribution in [0.3, 0.4) is 0 Å². The third-order valence-corrected chi connectivity index (χ3v) is 5.09.